The first-order valence-electron chi connectivity index (χ1n) is 8.93. The molecule has 0 unspecified atom stereocenters. The Kier molecular flexibility index (Phi) is 6.37. The Morgan fingerprint density at radius 3 is 2.61 bits per heavy atom. The zero-order chi connectivity index (χ0) is 19.9. The molecular weight excluding hydrogens is 366 g/mol. The van der Waals surface area contributed by atoms with Crippen LogP contribution in [0.2, 0.25) is 0 Å². The van der Waals surface area contributed by atoms with Crippen molar-refractivity contribution in [2.24, 2.45) is 0 Å². The number of carbonyl (C=O) groups is 2. The number of fused-ring (bicyclic) bond motifs is 1. The van der Waals surface area contributed by atoms with Crippen molar-refractivity contribution in [2.45, 2.75) is 25.8 Å². The van der Waals surface area contributed by atoms with E-state index in [1.54, 1.807) is 0 Å². The number of nitrogens with one attached hydrogen (secondary N) is 2. The van der Waals surface area contributed by atoms with Gasteiger partial charge in [-0.1, -0.05) is 18.2 Å². The highest BCUT2D eigenvalue weighted by Crippen LogP contribution is 2.19. The minimum atomic E-state index is -0.717. The van der Waals surface area contributed by atoms with Gasteiger partial charge in [0.25, 0.3) is 5.91 Å². The zero-order valence-electron chi connectivity index (χ0n) is 15.1. The summed E-state index contributed by atoms with van der Waals surface area (Å²) in [4.78, 5) is 26.7. The monoisotopic (exact) mass is 386 g/mol. The molecule has 0 bridgehead atoms. The van der Waals surface area contributed by atoms with Crippen LogP contribution in [-0.4, -0.2) is 23.5 Å². The van der Waals surface area contributed by atoms with Crippen LogP contribution in [0.5, 0.6) is 0 Å². The van der Waals surface area contributed by atoms with Gasteiger partial charge in [-0.3, -0.25) is 9.59 Å². The number of hydrogen-bond donors (Lipinski definition) is 2. The average molecular weight is 386 g/mol. The predicted molar refractivity (Wildman–Crippen MR) is 100 cm³/mol. The van der Waals surface area contributed by atoms with Crippen molar-refractivity contribution in [1.82, 2.24) is 10.3 Å². The van der Waals surface area contributed by atoms with Crippen LogP contribution in [-0.2, 0) is 27.3 Å². The van der Waals surface area contributed by atoms with Gasteiger partial charge in [-0.2, -0.15) is 0 Å². The Morgan fingerprint density at radius 2 is 1.82 bits per heavy atom. The number of esters is 1. The molecule has 146 valence electrons. The third-order valence-electron chi connectivity index (χ3n) is 4.28. The van der Waals surface area contributed by atoms with Gasteiger partial charge < -0.3 is 15.0 Å². The highest BCUT2D eigenvalue weighted by atomic mass is 19.1. The maximum absolute atomic E-state index is 13.1. The van der Waals surface area contributed by atoms with Crippen LogP contribution in [0, 0.1) is 11.6 Å². The van der Waals surface area contributed by atoms with E-state index < -0.39 is 30.1 Å². The SMILES string of the molecule is O=C(COC(=O)CCCc1c[nH]c2ccccc12)NCc1cc(F)cc(F)c1. The number of para-hydroxylation sites is 1. The molecule has 28 heavy (non-hydrogen) atoms. The molecule has 5 nitrogen and oxygen atoms in total. The molecule has 3 rings (SSSR count). The molecule has 1 aromatic heterocycles. The minimum Gasteiger partial charge on any atom is -0.456 e. The molecule has 2 N–H and O–H groups in total. The number of amides is 1. The summed E-state index contributed by atoms with van der Waals surface area (Å²) < 4.78 is 31.1. The summed E-state index contributed by atoms with van der Waals surface area (Å²) in [5, 5.41) is 3.58. The van der Waals surface area contributed by atoms with E-state index in [1.807, 2.05) is 30.5 Å². The molecule has 1 amide bonds. The number of rotatable bonds is 8. The maximum atomic E-state index is 13.1. The summed E-state index contributed by atoms with van der Waals surface area (Å²) in [7, 11) is 0. The number of aryl methyl sites for hydroxylation is 1. The molecule has 0 fully saturated rings. The smallest absolute Gasteiger partial charge is 0.306 e. The molecular formula is C21H20F2N2O3. The van der Waals surface area contributed by atoms with Crippen molar-refractivity contribution in [3.63, 3.8) is 0 Å². The van der Waals surface area contributed by atoms with E-state index in [1.165, 1.54) is 0 Å². The van der Waals surface area contributed by atoms with E-state index in [0.29, 0.717) is 6.42 Å². The number of H-pyrrole nitrogens is 1. The fourth-order valence-corrected chi connectivity index (χ4v) is 2.94. The topological polar surface area (TPSA) is 71.2 Å². The van der Waals surface area contributed by atoms with Crippen molar-refractivity contribution in [2.75, 3.05) is 6.61 Å². The standard InChI is InChI=1S/C21H20F2N2O3/c22-16-8-14(9-17(23)10-16)11-25-20(26)13-28-21(27)7-3-4-15-12-24-19-6-2-1-5-18(15)19/h1-2,5-6,8-10,12,24H,3-4,7,11,13H2,(H,25,26). The average Bonchev–Trinajstić information content (AvgIpc) is 3.07. The fourth-order valence-electron chi connectivity index (χ4n) is 2.94. The number of halogens is 2. The molecule has 0 radical (unpaired) electrons. The molecule has 0 saturated carbocycles. The van der Waals surface area contributed by atoms with Crippen molar-refractivity contribution in [1.29, 1.82) is 0 Å². The lowest BCUT2D eigenvalue weighted by Crippen LogP contribution is -2.28. The number of hydrogen-bond acceptors (Lipinski definition) is 3. The lowest BCUT2D eigenvalue weighted by Gasteiger charge is -2.07. The summed E-state index contributed by atoms with van der Waals surface area (Å²) in [5.74, 6) is -2.43. The molecule has 0 spiro atoms. The van der Waals surface area contributed by atoms with Gasteiger partial charge in [0.05, 0.1) is 0 Å². The second kappa shape index (κ2) is 9.12. The zero-order valence-corrected chi connectivity index (χ0v) is 15.1. The molecule has 0 aliphatic carbocycles. The van der Waals surface area contributed by atoms with Gasteiger partial charge in [0, 0.05) is 36.1 Å². The molecule has 1 heterocycles. The van der Waals surface area contributed by atoms with Gasteiger partial charge in [0.15, 0.2) is 6.61 Å². The first kappa shape index (κ1) is 19.5. The van der Waals surface area contributed by atoms with Crippen LogP contribution in [0.25, 0.3) is 10.9 Å². The highest BCUT2D eigenvalue weighted by molar-refractivity contribution is 5.83. The number of carbonyl (C=O) groups excluding carboxylic acids is 2. The lowest BCUT2D eigenvalue weighted by molar-refractivity contribution is -0.148. The third-order valence-corrected chi connectivity index (χ3v) is 4.28. The van der Waals surface area contributed by atoms with E-state index in [0.717, 1.165) is 41.1 Å². The van der Waals surface area contributed by atoms with Gasteiger partial charge in [-0.05, 0) is 42.2 Å². The molecule has 7 heteroatoms. The number of ether oxygens (including phenoxy) is 1. The minimum absolute atomic E-state index is 0.0500. The Bertz CT molecular complexity index is 964. The predicted octanol–water partition coefficient (Wildman–Crippen LogP) is 3.63. The van der Waals surface area contributed by atoms with E-state index in [9.17, 15) is 18.4 Å². The quantitative estimate of drug-likeness (QED) is 0.581. The summed E-state index contributed by atoms with van der Waals surface area (Å²) in [6.07, 6.45) is 3.45. The van der Waals surface area contributed by atoms with Crippen molar-refractivity contribution >= 4 is 22.8 Å². The Balaban J connectivity index is 1.36. The lowest BCUT2D eigenvalue weighted by atomic mass is 10.1. The third kappa shape index (κ3) is 5.39. The number of aromatic amines is 1. The second-order valence-corrected chi connectivity index (χ2v) is 6.43. The molecule has 0 atom stereocenters. The summed E-state index contributed by atoms with van der Waals surface area (Å²) >= 11 is 0. The van der Waals surface area contributed by atoms with Crippen LogP contribution >= 0.6 is 0 Å². The first-order chi connectivity index (χ1) is 13.5. The van der Waals surface area contributed by atoms with E-state index in [-0.39, 0.29) is 18.5 Å². The molecule has 0 aliphatic rings. The van der Waals surface area contributed by atoms with E-state index in [4.69, 9.17) is 4.74 Å². The van der Waals surface area contributed by atoms with Crippen LogP contribution in [0.15, 0.2) is 48.7 Å². The highest BCUT2D eigenvalue weighted by Gasteiger charge is 2.09. The molecule has 3 aromatic rings. The van der Waals surface area contributed by atoms with Crippen LogP contribution in [0.3, 0.4) is 0 Å². The van der Waals surface area contributed by atoms with E-state index in [2.05, 4.69) is 10.3 Å². The number of aromatic nitrogens is 1. The molecule has 0 aliphatic heterocycles. The largest absolute Gasteiger partial charge is 0.456 e. The number of benzene rings is 2. The van der Waals surface area contributed by atoms with Gasteiger partial charge in [-0.15, -0.1) is 0 Å². The fraction of sp³-hybridized carbons (Fsp3) is 0.238. The Morgan fingerprint density at radius 1 is 1.07 bits per heavy atom. The Labute approximate surface area is 160 Å². The summed E-state index contributed by atoms with van der Waals surface area (Å²) in [5.41, 5.74) is 2.47. The van der Waals surface area contributed by atoms with Crippen molar-refractivity contribution < 1.29 is 23.1 Å². The summed E-state index contributed by atoms with van der Waals surface area (Å²) in [6, 6.07) is 10.9. The van der Waals surface area contributed by atoms with Crippen molar-refractivity contribution in [3.8, 4) is 0 Å². The van der Waals surface area contributed by atoms with E-state index >= 15 is 0 Å². The summed E-state index contributed by atoms with van der Waals surface area (Å²) in [6.45, 7) is -0.477. The second-order valence-electron chi connectivity index (χ2n) is 6.43. The van der Waals surface area contributed by atoms with Gasteiger partial charge in [-0.25, -0.2) is 8.78 Å². The van der Waals surface area contributed by atoms with Gasteiger partial charge in [0.2, 0.25) is 0 Å². The van der Waals surface area contributed by atoms with Gasteiger partial charge >= 0.3 is 5.97 Å². The van der Waals surface area contributed by atoms with Gasteiger partial charge in [0.1, 0.15) is 11.6 Å². The Hall–Kier alpha value is -3.22. The normalized spacial score (nSPS) is 10.8. The van der Waals surface area contributed by atoms with Crippen LogP contribution in [0.4, 0.5) is 8.78 Å². The van der Waals surface area contributed by atoms with Crippen LogP contribution < -0.4 is 5.32 Å². The molecule has 0 saturated heterocycles. The van der Waals surface area contributed by atoms with Crippen LogP contribution in [0.1, 0.15) is 24.0 Å². The molecule has 2 aromatic carbocycles. The van der Waals surface area contributed by atoms with Crippen molar-refractivity contribution in [3.05, 3.63) is 71.4 Å². The maximum Gasteiger partial charge on any atom is 0.306 e. The first-order valence-corrected chi connectivity index (χ1v) is 8.93.